The molecule has 2 aromatic carbocycles. The van der Waals surface area contributed by atoms with Gasteiger partial charge >= 0.3 is 0 Å². The molecule has 0 amide bonds. The molecule has 1 heterocycles. The second-order valence-electron chi connectivity index (χ2n) is 7.94. The Hall–Kier alpha value is -1.96. The lowest BCUT2D eigenvalue weighted by atomic mass is 10.1. The largest absolute Gasteiger partial charge is 0.454 e. The predicted octanol–water partition coefficient (Wildman–Crippen LogP) is 10.2. The van der Waals surface area contributed by atoms with Crippen molar-refractivity contribution in [3.8, 4) is 11.5 Å². The molecule has 188 valence electrons. The molecule has 0 atom stereocenters. The zero-order valence-electron chi connectivity index (χ0n) is 21.4. The van der Waals surface area contributed by atoms with Gasteiger partial charge in [-0.05, 0) is 54.4 Å². The first-order valence-corrected chi connectivity index (χ1v) is 11.8. The van der Waals surface area contributed by atoms with E-state index in [1.807, 2.05) is 52.0 Å². The number of hydrogen-bond acceptors (Lipinski definition) is 2. The molecule has 0 radical (unpaired) electrons. The van der Waals surface area contributed by atoms with Crippen molar-refractivity contribution in [2.45, 2.75) is 103 Å². The SMILES string of the molecule is C.C.CC.CC.CC(C)C.CC(C)C.c1ccc2c(c1)CCC2.c1ccc2c(c1)OCO2. The zero-order valence-corrected chi connectivity index (χ0v) is 21.4. The minimum absolute atomic E-state index is 0. The van der Waals surface area contributed by atoms with Crippen LogP contribution >= 0.6 is 0 Å². The van der Waals surface area contributed by atoms with Gasteiger partial charge < -0.3 is 9.47 Å². The third-order valence-corrected chi connectivity index (χ3v) is 3.29. The molecule has 0 bridgehead atoms. The monoisotopic (exact) mass is 448 g/mol. The summed E-state index contributed by atoms with van der Waals surface area (Å²) in [6, 6.07) is 16.4. The molecule has 4 rings (SSSR count). The lowest BCUT2D eigenvalue weighted by Crippen LogP contribution is -1.92. The molecule has 2 heteroatoms. The number of para-hydroxylation sites is 2. The predicted molar refractivity (Wildman–Crippen MR) is 148 cm³/mol. The van der Waals surface area contributed by atoms with Gasteiger partial charge in [-0.1, -0.05) is 120 Å². The maximum absolute atomic E-state index is 5.08. The van der Waals surface area contributed by atoms with E-state index in [0.717, 1.165) is 23.3 Å². The van der Waals surface area contributed by atoms with Gasteiger partial charge in [0.2, 0.25) is 6.79 Å². The number of fused-ring (bicyclic) bond motifs is 2. The van der Waals surface area contributed by atoms with E-state index >= 15 is 0 Å². The minimum Gasteiger partial charge on any atom is -0.454 e. The summed E-state index contributed by atoms with van der Waals surface area (Å²) in [6.45, 7) is 21.4. The molecule has 0 unspecified atom stereocenters. The number of aryl methyl sites for hydroxylation is 2. The molecule has 2 aromatic rings. The average molecular weight is 449 g/mol. The van der Waals surface area contributed by atoms with Crippen LogP contribution < -0.4 is 9.47 Å². The van der Waals surface area contributed by atoms with Gasteiger partial charge in [-0.2, -0.15) is 0 Å². The molecular weight excluding hydrogens is 392 g/mol. The quantitative estimate of drug-likeness (QED) is 0.399. The Kier molecular flexibility index (Phi) is 29.5. The van der Waals surface area contributed by atoms with E-state index in [4.69, 9.17) is 9.47 Å². The summed E-state index contributed by atoms with van der Waals surface area (Å²) in [4.78, 5) is 0. The summed E-state index contributed by atoms with van der Waals surface area (Å²) < 4.78 is 10.2. The Morgan fingerprint density at radius 1 is 0.562 bits per heavy atom. The molecule has 1 aliphatic heterocycles. The Balaban J connectivity index is -0.000000161. The van der Waals surface area contributed by atoms with E-state index in [9.17, 15) is 0 Å². The third-order valence-electron chi connectivity index (χ3n) is 3.29. The highest BCUT2D eigenvalue weighted by molar-refractivity contribution is 5.40. The Morgan fingerprint density at radius 3 is 1.16 bits per heavy atom. The van der Waals surface area contributed by atoms with Gasteiger partial charge in [-0.3, -0.25) is 0 Å². The fourth-order valence-corrected chi connectivity index (χ4v) is 2.36. The first-order valence-electron chi connectivity index (χ1n) is 11.8. The van der Waals surface area contributed by atoms with Crippen LogP contribution in [0.3, 0.4) is 0 Å². The fourth-order valence-electron chi connectivity index (χ4n) is 2.36. The van der Waals surface area contributed by atoms with Crippen molar-refractivity contribution in [1.29, 1.82) is 0 Å². The van der Waals surface area contributed by atoms with Gasteiger partial charge in [-0.15, -0.1) is 0 Å². The number of hydrogen-bond donors (Lipinski definition) is 0. The maximum Gasteiger partial charge on any atom is 0.231 e. The summed E-state index contributed by atoms with van der Waals surface area (Å²) in [6.07, 6.45) is 3.96. The number of ether oxygens (including phenoxy) is 2. The Bertz CT molecular complexity index is 511. The van der Waals surface area contributed by atoms with E-state index in [2.05, 4.69) is 65.8 Å². The summed E-state index contributed by atoms with van der Waals surface area (Å²) in [5.74, 6) is 3.36. The molecule has 0 N–H and O–H groups in total. The summed E-state index contributed by atoms with van der Waals surface area (Å²) >= 11 is 0. The molecule has 0 saturated carbocycles. The molecule has 32 heavy (non-hydrogen) atoms. The Labute approximate surface area is 202 Å². The lowest BCUT2D eigenvalue weighted by molar-refractivity contribution is 0.174. The fraction of sp³-hybridized carbons (Fsp3) is 0.600. The van der Waals surface area contributed by atoms with Crippen molar-refractivity contribution in [3.63, 3.8) is 0 Å². The molecular formula is C30H56O2. The van der Waals surface area contributed by atoms with E-state index < -0.39 is 0 Å². The van der Waals surface area contributed by atoms with E-state index in [1.54, 1.807) is 11.1 Å². The van der Waals surface area contributed by atoms with Gasteiger partial charge in [-0.25, -0.2) is 0 Å². The summed E-state index contributed by atoms with van der Waals surface area (Å²) in [5.41, 5.74) is 3.13. The standard InChI is InChI=1S/C9H10.C7H6O2.2C4H10.2C2H6.2CH4/c1-2-5-9-7-3-6-8(9)4-1;1-2-4-7-6(3-1)8-5-9-7;2*1-4(2)3;2*1-2;;/h1-2,4-5H,3,6-7H2;1-4H,5H2;2*4H,1-3H3;2*1-2H3;2*1H4. The van der Waals surface area contributed by atoms with E-state index in [1.165, 1.54) is 19.3 Å². The van der Waals surface area contributed by atoms with Crippen molar-refractivity contribution >= 4 is 0 Å². The van der Waals surface area contributed by atoms with Crippen LogP contribution in [0.25, 0.3) is 0 Å². The van der Waals surface area contributed by atoms with Gasteiger partial charge in [0.25, 0.3) is 0 Å². The first-order chi connectivity index (χ1) is 14.4. The molecule has 2 aliphatic rings. The maximum atomic E-state index is 5.08. The van der Waals surface area contributed by atoms with Crippen molar-refractivity contribution in [2.24, 2.45) is 11.8 Å². The van der Waals surface area contributed by atoms with Crippen LogP contribution in [0, 0.1) is 11.8 Å². The van der Waals surface area contributed by atoms with Crippen molar-refractivity contribution in [1.82, 2.24) is 0 Å². The van der Waals surface area contributed by atoms with Crippen molar-refractivity contribution < 1.29 is 9.47 Å². The van der Waals surface area contributed by atoms with Gasteiger partial charge in [0.15, 0.2) is 11.5 Å². The van der Waals surface area contributed by atoms with Crippen LogP contribution in [0.2, 0.25) is 0 Å². The highest BCUT2D eigenvalue weighted by Gasteiger charge is 2.09. The van der Waals surface area contributed by atoms with Crippen molar-refractivity contribution in [3.05, 3.63) is 59.7 Å². The van der Waals surface area contributed by atoms with Crippen LogP contribution in [0.1, 0.15) is 102 Å². The molecule has 1 aliphatic carbocycles. The number of benzene rings is 2. The van der Waals surface area contributed by atoms with Crippen LogP contribution in [0.5, 0.6) is 11.5 Å². The highest BCUT2D eigenvalue weighted by atomic mass is 16.7. The summed E-state index contributed by atoms with van der Waals surface area (Å²) in [7, 11) is 0. The molecule has 2 nitrogen and oxygen atoms in total. The van der Waals surface area contributed by atoms with E-state index in [-0.39, 0.29) is 14.9 Å². The van der Waals surface area contributed by atoms with Crippen molar-refractivity contribution in [2.75, 3.05) is 6.79 Å². The third kappa shape index (κ3) is 20.0. The molecule has 0 fully saturated rings. The van der Waals surface area contributed by atoms with Gasteiger partial charge in [0.05, 0.1) is 0 Å². The topological polar surface area (TPSA) is 18.5 Å². The van der Waals surface area contributed by atoms with Crippen LogP contribution in [-0.4, -0.2) is 6.79 Å². The van der Waals surface area contributed by atoms with E-state index in [0.29, 0.717) is 6.79 Å². The Morgan fingerprint density at radius 2 is 0.844 bits per heavy atom. The molecule has 0 aromatic heterocycles. The van der Waals surface area contributed by atoms with Crippen LogP contribution in [-0.2, 0) is 12.8 Å². The zero-order chi connectivity index (χ0) is 23.4. The molecule has 0 spiro atoms. The second-order valence-corrected chi connectivity index (χ2v) is 7.94. The normalized spacial score (nSPS) is 10.9. The highest BCUT2D eigenvalue weighted by Crippen LogP contribution is 2.30. The number of rotatable bonds is 0. The lowest BCUT2D eigenvalue weighted by Gasteiger charge is -1.93. The van der Waals surface area contributed by atoms with Crippen LogP contribution in [0.15, 0.2) is 48.5 Å². The van der Waals surface area contributed by atoms with Gasteiger partial charge in [0.1, 0.15) is 0 Å². The van der Waals surface area contributed by atoms with Crippen LogP contribution in [0.4, 0.5) is 0 Å². The van der Waals surface area contributed by atoms with Gasteiger partial charge in [0, 0.05) is 0 Å². The smallest absolute Gasteiger partial charge is 0.231 e. The minimum atomic E-state index is 0. The summed E-state index contributed by atoms with van der Waals surface area (Å²) in [5, 5.41) is 0. The average Bonchev–Trinajstić information content (AvgIpc) is 3.40. The first kappa shape index (κ1) is 37.4. The molecule has 0 saturated heterocycles. The second kappa shape index (κ2) is 25.3.